The molecule has 110 valence electrons. The Bertz CT molecular complexity index is 585. The van der Waals surface area contributed by atoms with Crippen molar-refractivity contribution in [2.24, 2.45) is 5.92 Å². The fourth-order valence-corrected chi connectivity index (χ4v) is 5.12. The first-order valence-electron chi connectivity index (χ1n) is 6.95. The minimum absolute atomic E-state index is 0.0431. The zero-order valence-corrected chi connectivity index (χ0v) is 12.3. The summed E-state index contributed by atoms with van der Waals surface area (Å²) in [7, 11) is -3.38. The molecule has 1 aromatic rings. The molecule has 20 heavy (non-hydrogen) atoms. The maximum atomic E-state index is 12.7. The summed E-state index contributed by atoms with van der Waals surface area (Å²) in [6.07, 6.45) is 1.68. The molecular weight excluding hydrogens is 276 g/mol. The zero-order valence-electron chi connectivity index (χ0n) is 11.5. The van der Waals surface area contributed by atoms with Crippen LogP contribution in [0.1, 0.15) is 18.4 Å². The quantitative estimate of drug-likeness (QED) is 0.802. The van der Waals surface area contributed by atoms with Gasteiger partial charge in [0.25, 0.3) is 0 Å². The van der Waals surface area contributed by atoms with Gasteiger partial charge in [-0.3, -0.25) is 5.32 Å². The maximum absolute atomic E-state index is 12.7. The van der Waals surface area contributed by atoms with Gasteiger partial charge in [0.15, 0.2) is 0 Å². The lowest BCUT2D eigenvalue weighted by atomic mass is 10.0. The number of nitrogens with zero attached hydrogens (tertiary/aromatic N) is 1. The maximum Gasteiger partial charge on any atom is 0.243 e. The van der Waals surface area contributed by atoms with Crippen molar-refractivity contribution in [1.82, 2.24) is 9.62 Å². The molecule has 6 heteroatoms. The molecule has 2 bridgehead atoms. The van der Waals surface area contributed by atoms with Crippen molar-refractivity contribution < 1.29 is 13.5 Å². The van der Waals surface area contributed by atoms with E-state index >= 15 is 0 Å². The fraction of sp³-hybridized carbons (Fsp3) is 0.571. The summed E-state index contributed by atoms with van der Waals surface area (Å²) in [5.41, 5.74) is 1.05. The molecule has 1 saturated heterocycles. The van der Waals surface area contributed by atoms with Gasteiger partial charge in [-0.15, -0.1) is 0 Å². The van der Waals surface area contributed by atoms with Gasteiger partial charge in [-0.05, 0) is 37.8 Å². The van der Waals surface area contributed by atoms with Crippen LogP contribution in [-0.2, 0) is 10.0 Å². The van der Waals surface area contributed by atoms with E-state index in [4.69, 9.17) is 5.11 Å². The first-order valence-corrected chi connectivity index (χ1v) is 8.39. The van der Waals surface area contributed by atoms with E-state index in [2.05, 4.69) is 5.32 Å². The van der Waals surface area contributed by atoms with Crippen LogP contribution in [-0.4, -0.2) is 43.2 Å². The smallest absolute Gasteiger partial charge is 0.243 e. The van der Waals surface area contributed by atoms with Crippen LogP contribution in [0.2, 0.25) is 0 Å². The number of piperidine rings is 1. The number of benzene rings is 1. The Balaban J connectivity index is 1.80. The van der Waals surface area contributed by atoms with Crippen LogP contribution in [0.3, 0.4) is 0 Å². The fourth-order valence-electron chi connectivity index (χ4n) is 3.42. The lowest BCUT2D eigenvalue weighted by Crippen LogP contribution is -2.46. The highest BCUT2D eigenvalue weighted by atomic mass is 32.2. The number of hydrogen-bond donors (Lipinski definition) is 2. The van der Waals surface area contributed by atoms with Crippen molar-refractivity contribution in [2.45, 2.75) is 36.7 Å². The number of hydrogen-bond acceptors (Lipinski definition) is 4. The highest BCUT2D eigenvalue weighted by Gasteiger charge is 2.49. The minimum atomic E-state index is -3.38. The second-order valence-corrected chi connectivity index (χ2v) is 7.63. The van der Waals surface area contributed by atoms with E-state index in [9.17, 15) is 8.42 Å². The van der Waals surface area contributed by atoms with Crippen LogP contribution in [0.15, 0.2) is 29.2 Å². The number of nitrogens with one attached hydrogen (secondary N) is 1. The predicted octanol–water partition coefficient (Wildman–Crippen LogP) is 0.686. The average molecular weight is 296 g/mol. The van der Waals surface area contributed by atoms with Crippen molar-refractivity contribution in [3.63, 3.8) is 0 Å². The summed E-state index contributed by atoms with van der Waals surface area (Å²) in [5.74, 6) is 0.312. The van der Waals surface area contributed by atoms with Gasteiger partial charge in [0.2, 0.25) is 10.0 Å². The molecule has 0 spiro atoms. The number of aliphatic hydroxyl groups is 1. The van der Waals surface area contributed by atoms with Gasteiger partial charge < -0.3 is 5.11 Å². The molecule has 3 unspecified atom stereocenters. The van der Waals surface area contributed by atoms with E-state index in [1.807, 2.05) is 19.1 Å². The van der Waals surface area contributed by atoms with Crippen molar-refractivity contribution >= 4 is 10.0 Å². The monoisotopic (exact) mass is 296 g/mol. The standard InChI is InChI=1S/C14H20N2O3S/c1-10-2-4-13(5-3-10)20(18,19)16-8-11-6-12(16)7-14(11)15-9-17/h2-5,11-12,14-15,17H,6-9H2,1H3. The Labute approximate surface area is 119 Å². The van der Waals surface area contributed by atoms with Gasteiger partial charge in [-0.2, -0.15) is 4.31 Å². The van der Waals surface area contributed by atoms with Gasteiger partial charge in [-0.1, -0.05) is 17.7 Å². The molecule has 3 atom stereocenters. The lowest BCUT2D eigenvalue weighted by molar-refractivity contribution is 0.201. The first-order chi connectivity index (χ1) is 9.52. The molecule has 1 aliphatic carbocycles. The summed E-state index contributed by atoms with van der Waals surface area (Å²) < 4.78 is 26.9. The molecule has 1 heterocycles. The number of aliphatic hydroxyl groups excluding tert-OH is 1. The van der Waals surface area contributed by atoms with Crippen LogP contribution in [0.25, 0.3) is 0 Å². The molecule has 2 aliphatic rings. The lowest BCUT2D eigenvalue weighted by Gasteiger charge is -2.30. The van der Waals surface area contributed by atoms with Crippen molar-refractivity contribution in [2.75, 3.05) is 13.3 Å². The largest absolute Gasteiger partial charge is 0.381 e. The summed E-state index contributed by atoms with van der Waals surface area (Å²) in [6.45, 7) is 2.45. The second-order valence-electron chi connectivity index (χ2n) is 5.74. The molecule has 0 radical (unpaired) electrons. The third-order valence-electron chi connectivity index (χ3n) is 4.47. The van der Waals surface area contributed by atoms with E-state index in [-0.39, 0.29) is 18.8 Å². The van der Waals surface area contributed by atoms with Crippen LogP contribution in [0.4, 0.5) is 0 Å². The Morgan fingerprint density at radius 2 is 2.00 bits per heavy atom. The Morgan fingerprint density at radius 1 is 1.30 bits per heavy atom. The Kier molecular flexibility index (Phi) is 3.58. The number of aryl methyl sites for hydroxylation is 1. The summed E-state index contributed by atoms with van der Waals surface area (Å²) >= 11 is 0. The van der Waals surface area contributed by atoms with Crippen LogP contribution in [0, 0.1) is 12.8 Å². The molecular formula is C14H20N2O3S. The van der Waals surface area contributed by atoms with Crippen molar-refractivity contribution in [3.05, 3.63) is 29.8 Å². The zero-order chi connectivity index (χ0) is 14.3. The molecule has 0 aromatic heterocycles. The van der Waals surface area contributed by atoms with Crippen molar-refractivity contribution in [1.29, 1.82) is 0 Å². The molecule has 3 rings (SSSR count). The molecule has 1 aliphatic heterocycles. The van der Waals surface area contributed by atoms with Crippen LogP contribution < -0.4 is 5.32 Å². The minimum Gasteiger partial charge on any atom is -0.381 e. The molecule has 2 N–H and O–H groups in total. The SMILES string of the molecule is Cc1ccc(S(=O)(=O)N2CC3CC2CC3NCO)cc1. The van der Waals surface area contributed by atoms with Gasteiger partial charge in [0.05, 0.1) is 11.6 Å². The number of fused-ring (bicyclic) bond motifs is 2. The Hall–Kier alpha value is -0.950. The summed E-state index contributed by atoms with van der Waals surface area (Å²) in [4.78, 5) is 0.377. The van der Waals surface area contributed by atoms with E-state index in [1.165, 1.54) is 0 Å². The predicted molar refractivity (Wildman–Crippen MR) is 75.6 cm³/mol. The molecule has 0 amide bonds. The van der Waals surface area contributed by atoms with E-state index in [0.29, 0.717) is 17.4 Å². The van der Waals surface area contributed by atoms with E-state index in [0.717, 1.165) is 18.4 Å². The van der Waals surface area contributed by atoms with Crippen molar-refractivity contribution in [3.8, 4) is 0 Å². The third kappa shape index (κ3) is 2.26. The van der Waals surface area contributed by atoms with Crippen LogP contribution in [0.5, 0.6) is 0 Å². The summed E-state index contributed by atoms with van der Waals surface area (Å²) in [5, 5.41) is 12.0. The summed E-state index contributed by atoms with van der Waals surface area (Å²) in [6, 6.07) is 7.33. The molecule has 1 aromatic carbocycles. The first kappa shape index (κ1) is 14.0. The highest BCUT2D eigenvalue weighted by molar-refractivity contribution is 7.89. The van der Waals surface area contributed by atoms with Gasteiger partial charge >= 0.3 is 0 Å². The number of rotatable bonds is 4. The van der Waals surface area contributed by atoms with E-state index in [1.54, 1.807) is 16.4 Å². The topological polar surface area (TPSA) is 69.6 Å². The normalized spacial score (nSPS) is 30.0. The third-order valence-corrected chi connectivity index (χ3v) is 6.41. The van der Waals surface area contributed by atoms with Gasteiger partial charge in [-0.25, -0.2) is 8.42 Å². The van der Waals surface area contributed by atoms with Gasteiger partial charge in [0.1, 0.15) is 0 Å². The van der Waals surface area contributed by atoms with Crippen LogP contribution >= 0.6 is 0 Å². The second kappa shape index (κ2) is 5.11. The van der Waals surface area contributed by atoms with E-state index < -0.39 is 10.0 Å². The molecule has 1 saturated carbocycles. The highest BCUT2D eigenvalue weighted by Crippen LogP contribution is 2.40. The average Bonchev–Trinajstić information content (AvgIpc) is 2.99. The Morgan fingerprint density at radius 3 is 2.55 bits per heavy atom. The van der Waals surface area contributed by atoms with Gasteiger partial charge in [0, 0.05) is 18.6 Å². The molecule has 5 nitrogen and oxygen atoms in total. The number of sulfonamides is 1. The molecule has 2 fully saturated rings.